The first-order chi connectivity index (χ1) is 4.63. The summed E-state index contributed by atoms with van der Waals surface area (Å²) in [6.45, 7) is 8.48. The molecule has 0 saturated heterocycles. The van der Waals surface area contributed by atoms with Crippen molar-refractivity contribution in [1.29, 1.82) is 0 Å². The van der Waals surface area contributed by atoms with E-state index >= 15 is 0 Å². The Morgan fingerprint density at radius 2 is 1.90 bits per heavy atom. The standard InChI is InChI=1S/C7H19NOSi/c1-6(2)8-10-5-9-7(3)4/h6-8H,5,10H2,1-4H3. The molecule has 0 aliphatic rings. The van der Waals surface area contributed by atoms with Crippen molar-refractivity contribution in [1.82, 2.24) is 4.98 Å². The molecule has 0 atom stereocenters. The largest absolute Gasteiger partial charge is 0.381 e. The average Bonchev–Trinajstić information content (AvgIpc) is 1.79. The van der Waals surface area contributed by atoms with Crippen LogP contribution in [-0.2, 0) is 4.74 Å². The van der Waals surface area contributed by atoms with E-state index in [-0.39, 0.29) is 9.68 Å². The maximum Gasteiger partial charge on any atom is 0.120 e. The van der Waals surface area contributed by atoms with Crippen molar-refractivity contribution in [2.45, 2.75) is 39.8 Å². The molecule has 10 heavy (non-hydrogen) atoms. The predicted octanol–water partition coefficient (Wildman–Crippen LogP) is 0.451. The fourth-order valence-electron chi connectivity index (χ4n) is 0.642. The smallest absolute Gasteiger partial charge is 0.120 e. The van der Waals surface area contributed by atoms with Crippen LogP contribution in [0.5, 0.6) is 0 Å². The summed E-state index contributed by atoms with van der Waals surface area (Å²) in [6, 6.07) is 0.627. The monoisotopic (exact) mass is 161 g/mol. The molecule has 0 radical (unpaired) electrons. The van der Waals surface area contributed by atoms with Crippen molar-refractivity contribution in [3.8, 4) is 0 Å². The normalized spacial score (nSPS) is 12.6. The topological polar surface area (TPSA) is 21.3 Å². The molecule has 0 aliphatic carbocycles. The van der Waals surface area contributed by atoms with E-state index in [1.165, 1.54) is 0 Å². The molecule has 0 aromatic heterocycles. The van der Waals surface area contributed by atoms with Gasteiger partial charge in [-0.2, -0.15) is 0 Å². The van der Waals surface area contributed by atoms with Crippen LogP contribution in [0.25, 0.3) is 0 Å². The van der Waals surface area contributed by atoms with Crippen molar-refractivity contribution in [2.75, 3.05) is 6.23 Å². The third kappa shape index (κ3) is 8.14. The molecule has 0 unspecified atom stereocenters. The Kier molecular flexibility index (Phi) is 5.97. The maximum absolute atomic E-state index is 5.39. The van der Waals surface area contributed by atoms with E-state index in [1.807, 2.05) is 0 Å². The third-order valence-corrected chi connectivity index (χ3v) is 2.65. The molecule has 0 amide bonds. The third-order valence-electron chi connectivity index (χ3n) is 1.11. The van der Waals surface area contributed by atoms with E-state index in [0.29, 0.717) is 12.1 Å². The van der Waals surface area contributed by atoms with Gasteiger partial charge in [0.15, 0.2) is 0 Å². The highest BCUT2D eigenvalue weighted by atomic mass is 28.2. The summed E-state index contributed by atoms with van der Waals surface area (Å²) in [5.41, 5.74) is 0. The zero-order valence-corrected chi connectivity index (χ0v) is 8.89. The molecule has 0 aromatic rings. The SMILES string of the molecule is CC(C)N[SiH2]COC(C)C. The zero-order valence-electron chi connectivity index (χ0n) is 7.48. The van der Waals surface area contributed by atoms with Gasteiger partial charge < -0.3 is 9.72 Å². The van der Waals surface area contributed by atoms with Crippen molar-refractivity contribution >= 4 is 9.68 Å². The van der Waals surface area contributed by atoms with Gasteiger partial charge in [-0.05, 0) is 19.9 Å². The fourth-order valence-corrected chi connectivity index (χ4v) is 1.93. The van der Waals surface area contributed by atoms with Crippen LogP contribution >= 0.6 is 0 Å². The Labute approximate surface area is 66.2 Å². The van der Waals surface area contributed by atoms with Gasteiger partial charge in [0, 0.05) is 6.23 Å². The lowest BCUT2D eigenvalue weighted by molar-refractivity contribution is 0.114. The molecule has 62 valence electrons. The number of hydrogen-bond acceptors (Lipinski definition) is 2. The van der Waals surface area contributed by atoms with Gasteiger partial charge in [0.05, 0.1) is 6.10 Å². The second-order valence-electron chi connectivity index (χ2n) is 3.03. The Balaban J connectivity index is 2.91. The van der Waals surface area contributed by atoms with Crippen molar-refractivity contribution < 1.29 is 4.74 Å². The number of rotatable bonds is 5. The van der Waals surface area contributed by atoms with E-state index in [0.717, 1.165) is 6.23 Å². The van der Waals surface area contributed by atoms with E-state index in [4.69, 9.17) is 4.74 Å². The summed E-state index contributed by atoms with van der Waals surface area (Å²) in [4.78, 5) is 3.41. The van der Waals surface area contributed by atoms with Crippen LogP contribution in [0.2, 0.25) is 0 Å². The molecule has 1 N–H and O–H groups in total. The van der Waals surface area contributed by atoms with Crippen LogP contribution in [0.3, 0.4) is 0 Å². The molecule has 0 spiro atoms. The summed E-state index contributed by atoms with van der Waals surface area (Å²) in [5, 5.41) is 0. The molecule has 3 heteroatoms. The summed E-state index contributed by atoms with van der Waals surface area (Å²) < 4.78 is 5.39. The summed E-state index contributed by atoms with van der Waals surface area (Å²) in [6.07, 6.45) is 1.34. The first kappa shape index (κ1) is 10.1. The lowest BCUT2D eigenvalue weighted by atomic mass is 10.4. The summed E-state index contributed by atoms with van der Waals surface area (Å²) in [7, 11) is -0.151. The Hall–Kier alpha value is 0.137. The van der Waals surface area contributed by atoms with Crippen molar-refractivity contribution in [2.24, 2.45) is 0 Å². The highest BCUT2D eigenvalue weighted by molar-refractivity contribution is 6.31. The highest BCUT2D eigenvalue weighted by Gasteiger charge is 1.94. The van der Waals surface area contributed by atoms with E-state index < -0.39 is 0 Å². The molecule has 2 nitrogen and oxygen atoms in total. The van der Waals surface area contributed by atoms with Crippen LogP contribution in [0.4, 0.5) is 0 Å². The maximum atomic E-state index is 5.39. The molecular formula is C7H19NOSi. The second kappa shape index (κ2) is 5.89. The van der Waals surface area contributed by atoms with Crippen molar-refractivity contribution in [3.05, 3.63) is 0 Å². The van der Waals surface area contributed by atoms with E-state index in [1.54, 1.807) is 0 Å². The van der Waals surface area contributed by atoms with Crippen LogP contribution in [0, 0.1) is 0 Å². The Morgan fingerprint density at radius 1 is 1.30 bits per heavy atom. The molecule has 0 aromatic carbocycles. The Bertz CT molecular complexity index is 66.0. The lowest BCUT2D eigenvalue weighted by Gasteiger charge is -2.09. The van der Waals surface area contributed by atoms with Gasteiger partial charge in [-0.25, -0.2) is 0 Å². The van der Waals surface area contributed by atoms with Gasteiger partial charge in [-0.1, -0.05) is 13.8 Å². The quantitative estimate of drug-likeness (QED) is 0.467. The van der Waals surface area contributed by atoms with Crippen LogP contribution in [-0.4, -0.2) is 28.1 Å². The van der Waals surface area contributed by atoms with Gasteiger partial charge in [-0.3, -0.25) is 0 Å². The van der Waals surface area contributed by atoms with Crippen molar-refractivity contribution in [3.63, 3.8) is 0 Å². The minimum atomic E-state index is -0.151. The van der Waals surface area contributed by atoms with Gasteiger partial charge in [0.25, 0.3) is 0 Å². The Morgan fingerprint density at radius 3 is 2.30 bits per heavy atom. The second-order valence-corrected chi connectivity index (χ2v) is 4.34. The lowest BCUT2D eigenvalue weighted by Crippen LogP contribution is -2.31. The minimum absolute atomic E-state index is 0.151. The van der Waals surface area contributed by atoms with Gasteiger partial charge in [-0.15, -0.1) is 0 Å². The average molecular weight is 161 g/mol. The molecular weight excluding hydrogens is 142 g/mol. The van der Waals surface area contributed by atoms with Crippen LogP contribution in [0.1, 0.15) is 27.7 Å². The number of nitrogens with one attached hydrogen (secondary N) is 1. The summed E-state index contributed by atoms with van der Waals surface area (Å²) in [5.74, 6) is 0. The van der Waals surface area contributed by atoms with E-state index in [2.05, 4.69) is 32.7 Å². The highest BCUT2D eigenvalue weighted by Crippen LogP contribution is 1.84. The first-order valence-electron chi connectivity index (χ1n) is 3.98. The molecule has 0 aliphatic heterocycles. The van der Waals surface area contributed by atoms with Gasteiger partial charge in [0.1, 0.15) is 9.68 Å². The molecule has 0 rings (SSSR count). The molecule has 0 bridgehead atoms. The molecule has 0 saturated carbocycles. The minimum Gasteiger partial charge on any atom is -0.381 e. The zero-order chi connectivity index (χ0) is 7.98. The summed E-state index contributed by atoms with van der Waals surface area (Å²) >= 11 is 0. The van der Waals surface area contributed by atoms with Crippen LogP contribution < -0.4 is 4.98 Å². The predicted molar refractivity (Wildman–Crippen MR) is 47.9 cm³/mol. The molecule has 0 heterocycles. The fraction of sp³-hybridized carbons (Fsp3) is 1.00. The van der Waals surface area contributed by atoms with Gasteiger partial charge in [0.2, 0.25) is 0 Å². The van der Waals surface area contributed by atoms with E-state index in [9.17, 15) is 0 Å². The number of hydrogen-bond donors (Lipinski definition) is 1. The van der Waals surface area contributed by atoms with Crippen LogP contribution in [0.15, 0.2) is 0 Å². The number of ether oxygens (including phenoxy) is 1. The van der Waals surface area contributed by atoms with Gasteiger partial charge >= 0.3 is 0 Å². The molecule has 0 fully saturated rings. The first-order valence-corrected chi connectivity index (χ1v) is 5.68.